The van der Waals surface area contributed by atoms with Crippen molar-refractivity contribution in [2.75, 3.05) is 5.32 Å². The number of amides is 1. The van der Waals surface area contributed by atoms with Gasteiger partial charge in [0, 0.05) is 18.7 Å². The predicted octanol–water partition coefficient (Wildman–Crippen LogP) is 2.62. The normalized spacial score (nSPS) is 12.1. The van der Waals surface area contributed by atoms with Crippen molar-refractivity contribution in [2.45, 2.75) is 20.3 Å². The molecule has 0 saturated heterocycles. The Morgan fingerprint density at radius 3 is 3.06 bits per heavy atom. The fraction of sp³-hybridized carbons (Fsp3) is 0.308. The molecule has 2 rings (SSSR count). The molecule has 0 aliphatic carbocycles. The number of carbonyl (C=O) groups excluding carboxylic acids is 1. The molecule has 18 heavy (non-hydrogen) atoms. The lowest BCUT2D eigenvalue weighted by molar-refractivity contribution is -0.118. The Balaban J connectivity index is 2.22. The topological polar surface area (TPSA) is 78.9 Å². The van der Waals surface area contributed by atoms with Crippen molar-refractivity contribution in [3.8, 4) is 6.07 Å². The first-order valence-corrected chi connectivity index (χ1v) is 5.71. The van der Waals surface area contributed by atoms with E-state index in [0.717, 1.165) is 5.52 Å². The maximum Gasteiger partial charge on any atom is 0.241 e. The molecule has 1 aromatic carbocycles. The number of hydrogen-bond acceptors (Lipinski definition) is 4. The van der Waals surface area contributed by atoms with Crippen LogP contribution < -0.4 is 5.32 Å². The van der Waals surface area contributed by atoms with E-state index in [1.165, 1.54) is 0 Å². The van der Waals surface area contributed by atoms with E-state index in [0.29, 0.717) is 23.6 Å². The fourth-order valence-corrected chi connectivity index (χ4v) is 1.68. The Kier molecular flexibility index (Phi) is 3.28. The molecule has 1 unspecified atom stereocenters. The number of nitrogens with zero attached hydrogens (tertiary/aromatic N) is 2. The Morgan fingerprint density at radius 2 is 2.39 bits per heavy atom. The van der Waals surface area contributed by atoms with Crippen LogP contribution in [0.1, 0.15) is 19.2 Å². The van der Waals surface area contributed by atoms with Crippen LogP contribution >= 0.6 is 0 Å². The summed E-state index contributed by atoms with van der Waals surface area (Å²) >= 11 is 0. The van der Waals surface area contributed by atoms with E-state index in [9.17, 15) is 4.79 Å². The average Bonchev–Trinajstić information content (AvgIpc) is 2.70. The van der Waals surface area contributed by atoms with Gasteiger partial charge in [-0.1, -0.05) is 6.92 Å². The smallest absolute Gasteiger partial charge is 0.241 e. The van der Waals surface area contributed by atoms with Crippen LogP contribution in [0.4, 0.5) is 5.69 Å². The molecule has 1 aromatic heterocycles. The van der Waals surface area contributed by atoms with Gasteiger partial charge in [-0.15, -0.1) is 0 Å². The highest BCUT2D eigenvalue weighted by Gasteiger charge is 2.15. The van der Waals surface area contributed by atoms with Crippen molar-refractivity contribution in [1.82, 2.24) is 4.98 Å². The molecule has 1 N–H and O–H groups in total. The Hall–Kier alpha value is -2.35. The monoisotopic (exact) mass is 243 g/mol. The lowest BCUT2D eigenvalue weighted by Crippen LogP contribution is -2.20. The molecule has 1 amide bonds. The molecule has 5 nitrogen and oxygen atoms in total. The van der Waals surface area contributed by atoms with E-state index >= 15 is 0 Å². The van der Waals surface area contributed by atoms with Crippen LogP contribution in [0, 0.1) is 24.2 Å². The highest BCUT2D eigenvalue weighted by Crippen LogP contribution is 2.20. The number of hydrogen-bond donors (Lipinski definition) is 1. The van der Waals surface area contributed by atoms with Gasteiger partial charge in [0.05, 0.1) is 6.07 Å². The summed E-state index contributed by atoms with van der Waals surface area (Å²) in [4.78, 5) is 15.9. The molecule has 2 aromatic rings. The van der Waals surface area contributed by atoms with Gasteiger partial charge in [-0.25, -0.2) is 4.98 Å². The van der Waals surface area contributed by atoms with Gasteiger partial charge in [0.2, 0.25) is 5.91 Å². The maximum atomic E-state index is 11.7. The summed E-state index contributed by atoms with van der Waals surface area (Å²) in [5, 5.41) is 11.5. The predicted molar refractivity (Wildman–Crippen MR) is 66.8 cm³/mol. The Morgan fingerprint density at radius 1 is 1.61 bits per heavy atom. The van der Waals surface area contributed by atoms with E-state index in [1.54, 1.807) is 32.0 Å². The molecule has 0 radical (unpaired) electrons. The first kappa shape index (κ1) is 12.1. The number of carbonyl (C=O) groups is 1. The van der Waals surface area contributed by atoms with Crippen molar-refractivity contribution in [3.63, 3.8) is 0 Å². The van der Waals surface area contributed by atoms with Gasteiger partial charge in [0.25, 0.3) is 0 Å². The molecule has 0 fully saturated rings. The summed E-state index contributed by atoms with van der Waals surface area (Å²) in [6, 6.07) is 7.19. The van der Waals surface area contributed by atoms with Crippen LogP contribution in [0.3, 0.4) is 0 Å². The van der Waals surface area contributed by atoms with Crippen molar-refractivity contribution in [2.24, 2.45) is 5.92 Å². The molecule has 1 atom stereocenters. The summed E-state index contributed by atoms with van der Waals surface area (Å²) < 4.78 is 5.38. The number of rotatable bonds is 3. The third-order valence-corrected chi connectivity index (χ3v) is 2.64. The quantitative estimate of drug-likeness (QED) is 0.898. The van der Waals surface area contributed by atoms with Crippen molar-refractivity contribution >= 4 is 22.7 Å². The van der Waals surface area contributed by atoms with Crippen molar-refractivity contribution < 1.29 is 9.21 Å². The molecule has 1 heterocycles. The summed E-state index contributed by atoms with van der Waals surface area (Å²) in [6.07, 6.45) is 0.492. The molecular formula is C13H13N3O2. The molecule has 0 saturated carbocycles. The van der Waals surface area contributed by atoms with Gasteiger partial charge in [-0.3, -0.25) is 4.79 Å². The van der Waals surface area contributed by atoms with Gasteiger partial charge >= 0.3 is 0 Å². The Bertz CT molecular complexity index is 625. The second-order valence-electron chi connectivity index (χ2n) is 3.99. The van der Waals surface area contributed by atoms with Gasteiger partial charge in [0.1, 0.15) is 11.4 Å². The first-order valence-electron chi connectivity index (χ1n) is 5.71. The number of benzene rings is 1. The zero-order chi connectivity index (χ0) is 13.1. The third-order valence-electron chi connectivity index (χ3n) is 2.64. The Labute approximate surface area is 104 Å². The van der Waals surface area contributed by atoms with Crippen LogP contribution in [0.2, 0.25) is 0 Å². The first-order chi connectivity index (χ1) is 8.63. The number of aryl methyl sites for hydroxylation is 1. The van der Waals surface area contributed by atoms with Crippen LogP contribution in [-0.2, 0) is 4.79 Å². The number of nitrogens with one attached hydrogen (secondary N) is 1. The van der Waals surface area contributed by atoms with Gasteiger partial charge < -0.3 is 9.73 Å². The molecular weight excluding hydrogens is 230 g/mol. The lowest BCUT2D eigenvalue weighted by atomic mass is 10.1. The number of nitriles is 1. The molecule has 0 bridgehead atoms. The van der Waals surface area contributed by atoms with Crippen molar-refractivity contribution in [3.05, 3.63) is 24.1 Å². The summed E-state index contributed by atoms with van der Waals surface area (Å²) in [7, 11) is 0. The molecule has 0 aliphatic heterocycles. The second-order valence-corrected chi connectivity index (χ2v) is 3.99. The number of oxazole rings is 1. The minimum Gasteiger partial charge on any atom is -0.441 e. The van der Waals surface area contributed by atoms with E-state index in [4.69, 9.17) is 9.68 Å². The van der Waals surface area contributed by atoms with Crippen LogP contribution in [0.5, 0.6) is 0 Å². The highest BCUT2D eigenvalue weighted by molar-refractivity contribution is 5.95. The second kappa shape index (κ2) is 4.88. The third kappa shape index (κ3) is 2.33. The summed E-state index contributed by atoms with van der Waals surface area (Å²) in [5.74, 6) is -0.343. The zero-order valence-corrected chi connectivity index (χ0v) is 10.2. The SMILES string of the molecule is CCC(C#N)C(=O)Nc1ccc2nc(C)oc2c1. The molecule has 5 heteroatoms. The molecule has 92 valence electrons. The largest absolute Gasteiger partial charge is 0.441 e. The van der Waals surface area contributed by atoms with Gasteiger partial charge in [-0.05, 0) is 18.6 Å². The minimum absolute atomic E-state index is 0.296. The highest BCUT2D eigenvalue weighted by atomic mass is 16.3. The molecule has 0 aliphatic rings. The minimum atomic E-state index is -0.628. The van der Waals surface area contributed by atoms with Crippen LogP contribution in [-0.4, -0.2) is 10.9 Å². The zero-order valence-electron chi connectivity index (χ0n) is 10.2. The van der Waals surface area contributed by atoms with Gasteiger partial charge in [0.15, 0.2) is 11.5 Å². The van der Waals surface area contributed by atoms with Crippen LogP contribution in [0.25, 0.3) is 11.1 Å². The standard InChI is InChI=1S/C13H13N3O2/c1-3-9(7-14)13(17)16-10-4-5-11-12(6-10)18-8(2)15-11/h4-6,9H,3H2,1-2H3,(H,16,17). The fourth-order valence-electron chi connectivity index (χ4n) is 1.68. The summed E-state index contributed by atoms with van der Waals surface area (Å²) in [5.41, 5.74) is 1.98. The number of aromatic nitrogens is 1. The van der Waals surface area contributed by atoms with Gasteiger partial charge in [-0.2, -0.15) is 5.26 Å². The maximum absolute atomic E-state index is 11.7. The number of anilines is 1. The average molecular weight is 243 g/mol. The van der Waals surface area contributed by atoms with E-state index in [2.05, 4.69) is 10.3 Å². The molecule has 0 spiro atoms. The lowest BCUT2D eigenvalue weighted by Gasteiger charge is -2.07. The van der Waals surface area contributed by atoms with Crippen molar-refractivity contribution in [1.29, 1.82) is 5.26 Å². The van der Waals surface area contributed by atoms with E-state index in [-0.39, 0.29) is 5.91 Å². The van der Waals surface area contributed by atoms with Crippen LogP contribution in [0.15, 0.2) is 22.6 Å². The summed E-state index contributed by atoms with van der Waals surface area (Å²) in [6.45, 7) is 3.57. The van der Waals surface area contributed by atoms with E-state index in [1.807, 2.05) is 6.07 Å². The number of fused-ring (bicyclic) bond motifs is 1. The van der Waals surface area contributed by atoms with E-state index < -0.39 is 5.92 Å².